The van der Waals surface area contributed by atoms with Gasteiger partial charge in [-0.05, 0) is 42.5 Å². The molecule has 0 radical (unpaired) electrons. The highest BCUT2D eigenvalue weighted by Crippen LogP contribution is 2.36. The molecule has 6 heteroatoms. The molecule has 0 bridgehead atoms. The van der Waals surface area contributed by atoms with Gasteiger partial charge in [0.05, 0.1) is 11.8 Å². The van der Waals surface area contributed by atoms with E-state index < -0.39 is 5.97 Å². The second-order valence-electron chi connectivity index (χ2n) is 4.98. The van der Waals surface area contributed by atoms with E-state index in [1.807, 2.05) is 18.2 Å². The van der Waals surface area contributed by atoms with Crippen molar-refractivity contribution in [1.82, 2.24) is 4.98 Å². The summed E-state index contributed by atoms with van der Waals surface area (Å²) in [5, 5.41) is 8.91. The van der Waals surface area contributed by atoms with E-state index in [0.29, 0.717) is 28.7 Å². The van der Waals surface area contributed by atoms with Gasteiger partial charge in [-0.1, -0.05) is 0 Å². The molecule has 6 nitrogen and oxygen atoms in total. The highest BCUT2D eigenvalue weighted by Gasteiger charge is 2.16. The Morgan fingerprint density at radius 1 is 1.00 bits per heavy atom. The van der Waals surface area contributed by atoms with Gasteiger partial charge in [-0.15, -0.1) is 0 Å². The van der Waals surface area contributed by atoms with E-state index in [-0.39, 0.29) is 12.4 Å². The maximum Gasteiger partial charge on any atom is 0.335 e. The number of rotatable bonds is 3. The van der Waals surface area contributed by atoms with Crippen molar-refractivity contribution in [3.8, 4) is 34.3 Å². The smallest absolute Gasteiger partial charge is 0.335 e. The first kappa shape index (κ1) is 13.4. The van der Waals surface area contributed by atoms with Gasteiger partial charge in [0.2, 0.25) is 12.7 Å². The zero-order chi connectivity index (χ0) is 15.8. The molecule has 0 amide bonds. The van der Waals surface area contributed by atoms with E-state index >= 15 is 0 Å². The van der Waals surface area contributed by atoms with E-state index in [2.05, 4.69) is 4.98 Å². The van der Waals surface area contributed by atoms with Gasteiger partial charge in [0.25, 0.3) is 0 Å². The second-order valence-corrected chi connectivity index (χ2v) is 4.98. The minimum atomic E-state index is -0.968. The first-order chi connectivity index (χ1) is 11.2. The fraction of sp³-hybridized carbons (Fsp3) is 0.0588. The van der Waals surface area contributed by atoms with Gasteiger partial charge >= 0.3 is 5.97 Å². The molecule has 0 unspecified atom stereocenters. The Hall–Kier alpha value is -3.28. The molecule has 0 atom stereocenters. The van der Waals surface area contributed by atoms with Gasteiger partial charge in [0.1, 0.15) is 0 Å². The maximum atomic E-state index is 10.9. The lowest BCUT2D eigenvalue weighted by Crippen LogP contribution is -1.94. The van der Waals surface area contributed by atoms with Crippen molar-refractivity contribution >= 4 is 5.97 Å². The molecule has 0 fully saturated rings. The van der Waals surface area contributed by atoms with Crippen LogP contribution in [0.4, 0.5) is 0 Å². The highest BCUT2D eigenvalue weighted by molar-refractivity contribution is 5.88. The molecule has 114 valence electrons. The normalized spacial score (nSPS) is 12.3. The van der Waals surface area contributed by atoms with Gasteiger partial charge in [-0.3, -0.25) is 0 Å². The molecule has 0 spiro atoms. The summed E-state index contributed by atoms with van der Waals surface area (Å²) in [7, 11) is 0. The number of ether oxygens (including phenoxy) is 2. The number of carboxylic acids is 1. The van der Waals surface area contributed by atoms with Gasteiger partial charge in [0.15, 0.2) is 17.3 Å². The van der Waals surface area contributed by atoms with Crippen LogP contribution in [0.5, 0.6) is 11.5 Å². The lowest BCUT2D eigenvalue weighted by atomic mass is 10.1. The summed E-state index contributed by atoms with van der Waals surface area (Å²) in [4.78, 5) is 15.1. The molecule has 2 aromatic carbocycles. The summed E-state index contributed by atoms with van der Waals surface area (Å²) >= 11 is 0. The fourth-order valence-corrected chi connectivity index (χ4v) is 2.35. The van der Waals surface area contributed by atoms with Crippen LogP contribution in [0.3, 0.4) is 0 Å². The number of hydrogen-bond acceptors (Lipinski definition) is 5. The van der Waals surface area contributed by atoms with Crippen LogP contribution >= 0.6 is 0 Å². The topological polar surface area (TPSA) is 81.8 Å². The molecule has 0 saturated heterocycles. The molecule has 1 aromatic heterocycles. The van der Waals surface area contributed by atoms with Crippen LogP contribution in [0.2, 0.25) is 0 Å². The fourth-order valence-electron chi connectivity index (χ4n) is 2.35. The average Bonchev–Trinajstić information content (AvgIpc) is 3.23. The summed E-state index contributed by atoms with van der Waals surface area (Å²) in [6.45, 7) is 0.219. The van der Waals surface area contributed by atoms with Crippen LogP contribution in [0, 0.1) is 0 Å². The first-order valence-electron chi connectivity index (χ1n) is 6.90. The molecule has 23 heavy (non-hydrogen) atoms. The van der Waals surface area contributed by atoms with Gasteiger partial charge in [-0.25, -0.2) is 9.78 Å². The Labute approximate surface area is 130 Å². The molecule has 1 aliphatic rings. The third-order valence-electron chi connectivity index (χ3n) is 3.54. The Morgan fingerprint density at radius 3 is 2.52 bits per heavy atom. The monoisotopic (exact) mass is 309 g/mol. The van der Waals surface area contributed by atoms with Gasteiger partial charge in [0, 0.05) is 11.1 Å². The van der Waals surface area contributed by atoms with Crippen molar-refractivity contribution in [3.05, 3.63) is 54.2 Å². The van der Waals surface area contributed by atoms with Crippen LogP contribution in [0.1, 0.15) is 10.4 Å². The zero-order valence-electron chi connectivity index (χ0n) is 11.9. The predicted molar refractivity (Wildman–Crippen MR) is 80.5 cm³/mol. The minimum absolute atomic E-state index is 0.219. The molecular formula is C17H11NO5. The molecule has 1 N–H and O–H groups in total. The SMILES string of the molecule is O=C(O)c1ccc(-c2ncc(-c3ccc4c(c3)OCO4)o2)cc1. The summed E-state index contributed by atoms with van der Waals surface area (Å²) < 4.78 is 16.4. The molecule has 0 saturated carbocycles. The van der Waals surface area contributed by atoms with Gasteiger partial charge in [-0.2, -0.15) is 0 Å². The van der Waals surface area contributed by atoms with Gasteiger partial charge < -0.3 is 19.0 Å². The summed E-state index contributed by atoms with van der Waals surface area (Å²) in [6.07, 6.45) is 1.62. The number of hydrogen-bond donors (Lipinski definition) is 1. The zero-order valence-corrected chi connectivity index (χ0v) is 11.9. The van der Waals surface area contributed by atoms with E-state index in [1.54, 1.807) is 18.3 Å². The number of oxazole rings is 1. The molecule has 0 aliphatic carbocycles. The lowest BCUT2D eigenvalue weighted by Gasteiger charge is -2.00. The largest absolute Gasteiger partial charge is 0.478 e. The van der Waals surface area contributed by atoms with E-state index in [4.69, 9.17) is 19.0 Å². The average molecular weight is 309 g/mol. The van der Waals surface area contributed by atoms with Crippen LogP contribution < -0.4 is 9.47 Å². The third-order valence-corrected chi connectivity index (χ3v) is 3.54. The van der Waals surface area contributed by atoms with Crippen molar-refractivity contribution in [3.63, 3.8) is 0 Å². The Bertz CT molecular complexity index is 882. The second kappa shape index (κ2) is 5.17. The first-order valence-corrected chi connectivity index (χ1v) is 6.90. The summed E-state index contributed by atoms with van der Waals surface area (Å²) in [5.41, 5.74) is 1.76. The van der Waals surface area contributed by atoms with Crippen molar-refractivity contribution in [1.29, 1.82) is 0 Å². The molecule has 2 heterocycles. The van der Waals surface area contributed by atoms with E-state index in [9.17, 15) is 4.79 Å². The number of carboxylic acid groups (broad SMARTS) is 1. The van der Waals surface area contributed by atoms with E-state index in [0.717, 1.165) is 5.56 Å². The van der Waals surface area contributed by atoms with Crippen LogP contribution in [0.25, 0.3) is 22.8 Å². The quantitative estimate of drug-likeness (QED) is 0.798. The Morgan fingerprint density at radius 2 is 1.74 bits per heavy atom. The number of aromatic nitrogens is 1. The minimum Gasteiger partial charge on any atom is -0.478 e. The number of aromatic carboxylic acids is 1. The number of nitrogens with zero attached hydrogens (tertiary/aromatic N) is 1. The lowest BCUT2D eigenvalue weighted by molar-refractivity contribution is 0.0697. The van der Waals surface area contributed by atoms with Crippen LogP contribution in [0.15, 0.2) is 53.1 Å². The van der Waals surface area contributed by atoms with Crippen molar-refractivity contribution < 1.29 is 23.8 Å². The molecule has 3 aromatic rings. The summed E-state index contributed by atoms with van der Waals surface area (Å²) in [6, 6.07) is 11.9. The Balaban J connectivity index is 1.65. The van der Waals surface area contributed by atoms with E-state index in [1.165, 1.54) is 12.1 Å². The van der Waals surface area contributed by atoms with Crippen LogP contribution in [-0.4, -0.2) is 22.9 Å². The number of benzene rings is 2. The molecule has 4 rings (SSSR count). The van der Waals surface area contributed by atoms with Crippen molar-refractivity contribution in [2.75, 3.05) is 6.79 Å². The summed E-state index contributed by atoms with van der Waals surface area (Å²) in [5.74, 6) is 1.43. The Kier molecular flexibility index (Phi) is 3.01. The highest BCUT2D eigenvalue weighted by atomic mass is 16.7. The van der Waals surface area contributed by atoms with Crippen molar-refractivity contribution in [2.24, 2.45) is 0 Å². The van der Waals surface area contributed by atoms with Crippen LogP contribution in [-0.2, 0) is 0 Å². The maximum absolute atomic E-state index is 10.9. The number of fused-ring (bicyclic) bond motifs is 1. The molecular weight excluding hydrogens is 298 g/mol. The number of carbonyl (C=O) groups is 1. The molecule has 1 aliphatic heterocycles. The third kappa shape index (κ3) is 2.40. The standard InChI is InChI=1S/C17H11NO5/c19-17(20)11-3-1-10(2-4-11)16-18-8-15(23-16)12-5-6-13-14(7-12)22-9-21-13/h1-8H,9H2,(H,19,20). The predicted octanol–water partition coefficient (Wildman–Crippen LogP) is 3.44. The van der Waals surface area contributed by atoms with Crippen molar-refractivity contribution in [2.45, 2.75) is 0 Å².